The van der Waals surface area contributed by atoms with Gasteiger partial charge >= 0.3 is 0 Å². The van der Waals surface area contributed by atoms with Crippen molar-refractivity contribution in [2.75, 3.05) is 26.2 Å². The molecule has 0 radical (unpaired) electrons. The summed E-state index contributed by atoms with van der Waals surface area (Å²) in [6, 6.07) is 7.27. The van der Waals surface area contributed by atoms with Crippen molar-refractivity contribution < 1.29 is 13.2 Å². The van der Waals surface area contributed by atoms with Crippen molar-refractivity contribution in [3.63, 3.8) is 0 Å². The predicted octanol–water partition coefficient (Wildman–Crippen LogP) is 2.56. The molecule has 1 atom stereocenters. The summed E-state index contributed by atoms with van der Waals surface area (Å²) in [4.78, 5) is 14.9. The zero-order chi connectivity index (χ0) is 20.3. The summed E-state index contributed by atoms with van der Waals surface area (Å²) in [7, 11) is -3.49. The van der Waals surface area contributed by atoms with Gasteiger partial charge in [0, 0.05) is 32.2 Å². The molecule has 28 heavy (non-hydrogen) atoms. The van der Waals surface area contributed by atoms with Crippen LogP contribution in [0.25, 0.3) is 0 Å². The topological polar surface area (TPSA) is 69.7 Å². The number of sulfonamides is 1. The number of amides is 1. The fourth-order valence-electron chi connectivity index (χ4n) is 4.06. The Balaban J connectivity index is 1.56. The lowest BCUT2D eigenvalue weighted by Crippen LogP contribution is -2.55. The minimum atomic E-state index is -3.49. The molecule has 0 bridgehead atoms. The first-order valence-corrected chi connectivity index (χ1v) is 11.9. The minimum absolute atomic E-state index is 0.0625. The zero-order valence-corrected chi connectivity index (χ0v) is 18.0. The molecule has 1 aromatic carbocycles. The van der Waals surface area contributed by atoms with Crippen LogP contribution in [0.4, 0.5) is 0 Å². The van der Waals surface area contributed by atoms with E-state index in [1.54, 1.807) is 12.1 Å². The van der Waals surface area contributed by atoms with Gasteiger partial charge in [0.05, 0.1) is 10.9 Å². The van der Waals surface area contributed by atoms with Gasteiger partial charge in [-0.05, 0) is 43.4 Å². The fourth-order valence-corrected chi connectivity index (χ4v) is 5.48. The maximum atomic E-state index is 12.9. The van der Waals surface area contributed by atoms with Gasteiger partial charge in [-0.15, -0.1) is 0 Å². The summed E-state index contributed by atoms with van der Waals surface area (Å²) >= 11 is 0. The number of benzene rings is 1. The Bertz CT molecular complexity index is 763. The molecule has 1 saturated carbocycles. The molecule has 1 aliphatic heterocycles. The van der Waals surface area contributed by atoms with Crippen LogP contribution in [-0.4, -0.2) is 61.8 Å². The molecule has 1 aromatic rings. The largest absolute Gasteiger partial charge is 0.352 e. The summed E-state index contributed by atoms with van der Waals surface area (Å²) in [5, 5.41) is 3.15. The van der Waals surface area contributed by atoms with E-state index < -0.39 is 10.0 Å². The van der Waals surface area contributed by atoms with Gasteiger partial charge < -0.3 is 5.32 Å². The van der Waals surface area contributed by atoms with E-state index >= 15 is 0 Å². The standard InChI is InChI=1S/C21H33N3O3S/c1-16(2)18-8-10-20(11-9-18)28(26,27)24-14-12-23(13-15-24)17(3)21(25)22-19-6-4-5-7-19/h8-11,16-17,19H,4-7,12-15H2,1-3H3,(H,22,25)/t17-/m1/s1. The lowest BCUT2D eigenvalue weighted by atomic mass is 10.0. The fraction of sp³-hybridized carbons (Fsp3) is 0.667. The Morgan fingerprint density at radius 1 is 1.00 bits per heavy atom. The zero-order valence-electron chi connectivity index (χ0n) is 17.2. The first-order valence-electron chi connectivity index (χ1n) is 10.4. The third-order valence-corrected chi connectivity index (χ3v) is 8.00. The number of hydrogen-bond donors (Lipinski definition) is 1. The van der Waals surface area contributed by atoms with Crippen molar-refractivity contribution in [1.29, 1.82) is 0 Å². The van der Waals surface area contributed by atoms with Gasteiger partial charge in [-0.1, -0.05) is 38.8 Å². The normalized spacial score (nSPS) is 21.1. The van der Waals surface area contributed by atoms with Crippen molar-refractivity contribution in [3.05, 3.63) is 29.8 Å². The highest BCUT2D eigenvalue weighted by Crippen LogP contribution is 2.22. The van der Waals surface area contributed by atoms with Gasteiger partial charge in [0.15, 0.2) is 0 Å². The number of carbonyl (C=O) groups excluding carboxylic acids is 1. The van der Waals surface area contributed by atoms with Crippen LogP contribution in [0.3, 0.4) is 0 Å². The second-order valence-corrected chi connectivity index (χ2v) is 10.3. The highest BCUT2D eigenvalue weighted by molar-refractivity contribution is 7.89. The third-order valence-electron chi connectivity index (χ3n) is 6.09. The predicted molar refractivity (Wildman–Crippen MR) is 111 cm³/mol. The van der Waals surface area contributed by atoms with E-state index in [9.17, 15) is 13.2 Å². The number of rotatable bonds is 6. The van der Waals surface area contributed by atoms with E-state index in [4.69, 9.17) is 0 Å². The van der Waals surface area contributed by atoms with Crippen molar-refractivity contribution in [2.45, 2.75) is 69.4 Å². The number of nitrogens with zero attached hydrogens (tertiary/aromatic N) is 2. The van der Waals surface area contributed by atoms with Crippen LogP contribution >= 0.6 is 0 Å². The Hall–Kier alpha value is -1.44. The molecule has 2 aliphatic rings. The van der Waals surface area contributed by atoms with Crippen LogP contribution in [0.15, 0.2) is 29.2 Å². The highest BCUT2D eigenvalue weighted by Gasteiger charge is 2.32. The molecule has 1 aliphatic carbocycles. The summed E-state index contributed by atoms with van der Waals surface area (Å²) < 4.78 is 27.4. The molecule has 0 spiro atoms. The quantitative estimate of drug-likeness (QED) is 0.787. The average Bonchev–Trinajstić information content (AvgIpc) is 3.20. The summed E-state index contributed by atoms with van der Waals surface area (Å²) in [5.41, 5.74) is 1.13. The smallest absolute Gasteiger partial charge is 0.243 e. The first-order chi connectivity index (χ1) is 13.3. The first kappa shape index (κ1) is 21.3. The number of nitrogens with one attached hydrogen (secondary N) is 1. The molecule has 1 amide bonds. The molecule has 1 heterocycles. The maximum absolute atomic E-state index is 12.9. The van der Waals surface area contributed by atoms with E-state index in [0.29, 0.717) is 43.0 Å². The van der Waals surface area contributed by atoms with E-state index in [0.717, 1.165) is 18.4 Å². The van der Waals surface area contributed by atoms with Gasteiger partial charge in [-0.3, -0.25) is 9.69 Å². The molecule has 156 valence electrons. The molecular weight excluding hydrogens is 374 g/mol. The highest BCUT2D eigenvalue weighted by atomic mass is 32.2. The van der Waals surface area contributed by atoms with Gasteiger partial charge in [0.2, 0.25) is 15.9 Å². The monoisotopic (exact) mass is 407 g/mol. The second kappa shape index (κ2) is 8.93. The van der Waals surface area contributed by atoms with E-state index in [1.165, 1.54) is 17.1 Å². The Morgan fingerprint density at radius 3 is 2.11 bits per heavy atom. The average molecular weight is 408 g/mol. The van der Waals surface area contributed by atoms with Gasteiger partial charge in [-0.2, -0.15) is 4.31 Å². The molecule has 6 nitrogen and oxygen atoms in total. The number of carbonyl (C=O) groups is 1. The van der Waals surface area contributed by atoms with Crippen molar-refractivity contribution in [2.24, 2.45) is 0 Å². The van der Waals surface area contributed by atoms with Crippen LogP contribution < -0.4 is 5.32 Å². The van der Waals surface area contributed by atoms with Gasteiger partial charge in [-0.25, -0.2) is 8.42 Å². The summed E-state index contributed by atoms with van der Waals surface area (Å²) in [5.74, 6) is 0.435. The number of piperazine rings is 1. The lowest BCUT2D eigenvalue weighted by Gasteiger charge is -2.37. The van der Waals surface area contributed by atoms with E-state index in [2.05, 4.69) is 24.1 Å². The molecular formula is C21H33N3O3S. The molecule has 0 unspecified atom stereocenters. The van der Waals surface area contributed by atoms with E-state index in [1.807, 2.05) is 19.1 Å². The lowest BCUT2D eigenvalue weighted by molar-refractivity contribution is -0.127. The van der Waals surface area contributed by atoms with Crippen LogP contribution in [0.5, 0.6) is 0 Å². The van der Waals surface area contributed by atoms with Crippen molar-refractivity contribution in [3.8, 4) is 0 Å². The SMILES string of the molecule is CC(C)c1ccc(S(=O)(=O)N2CCN([C@H](C)C(=O)NC3CCCC3)CC2)cc1. The summed E-state index contributed by atoms with van der Waals surface area (Å²) in [6.07, 6.45) is 4.52. The van der Waals surface area contributed by atoms with Crippen LogP contribution in [0.1, 0.15) is 57.9 Å². The van der Waals surface area contributed by atoms with Crippen LogP contribution in [0.2, 0.25) is 0 Å². The van der Waals surface area contributed by atoms with Crippen molar-refractivity contribution in [1.82, 2.24) is 14.5 Å². The van der Waals surface area contributed by atoms with Crippen molar-refractivity contribution >= 4 is 15.9 Å². The van der Waals surface area contributed by atoms with Crippen LogP contribution in [-0.2, 0) is 14.8 Å². The molecule has 1 N–H and O–H groups in total. The molecule has 3 rings (SSSR count). The molecule has 7 heteroatoms. The molecule has 0 aromatic heterocycles. The van der Waals surface area contributed by atoms with Gasteiger partial charge in [0.25, 0.3) is 0 Å². The summed E-state index contributed by atoms with van der Waals surface area (Å²) in [6.45, 7) is 8.06. The van der Waals surface area contributed by atoms with Gasteiger partial charge in [0.1, 0.15) is 0 Å². The minimum Gasteiger partial charge on any atom is -0.352 e. The van der Waals surface area contributed by atoms with E-state index in [-0.39, 0.29) is 11.9 Å². The second-order valence-electron chi connectivity index (χ2n) is 8.33. The van der Waals surface area contributed by atoms with Crippen LogP contribution in [0, 0.1) is 0 Å². The molecule has 2 fully saturated rings. The Morgan fingerprint density at radius 2 is 1.57 bits per heavy atom. The Kier molecular flexibility index (Phi) is 6.78. The number of hydrogen-bond acceptors (Lipinski definition) is 4. The molecule has 1 saturated heterocycles. The third kappa shape index (κ3) is 4.75. The maximum Gasteiger partial charge on any atom is 0.243 e. The Labute approximate surface area is 169 Å².